The van der Waals surface area contributed by atoms with Crippen LogP contribution in [-0.2, 0) is 4.74 Å². The van der Waals surface area contributed by atoms with E-state index in [1.165, 1.54) is 51.6 Å². The van der Waals surface area contributed by atoms with Crippen LogP contribution >= 0.6 is 0 Å². The molecule has 2 saturated heterocycles. The zero-order chi connectivity index (χ0) is 15.1. The topological polar surface area (TPSA) is 24.5 Å². The van der Waals surface area contributed by atoms with Crippen LogP contribution in [0.2, 0.25) is 0 Å². The third-order valence-corrected chi connectivity index (χ3v) is 5.98. The van der Waals surface area contributed by atoms with Gasteiger partial charge in [-0.1, -0.05) is 13.3 Å². The van der Waals surface area contributed by atoms with Crippen LogP contribution < -0.4 is 5.32 Å². The minimum Gasteiger partial charge on any atom is -0.371 e. The number of rotatable bonds is 5. The highest BCUT2D eigenvalue weighted by Gasteiger charge is 2.49. The Labute approximate surface area is 130 Å². The molecule has 0 aromatic rings. The highest BCUT2D eigenvalue weighted by molar-refractivity contribution is 5.05. The molecule has 0 aromatic heterocycles. The van der Waals surface area contributed by atoms with Gasteiger partial charge in [0.15, 0.2) is 0 Å². The summed E-state index contributed by atoms with van der Waals surface area (Å²) in [5, 5.41) is 3.82. The summed E-state index contributed by atoms with van der Waals surface area (Å²) in [4.78, 5) is 2.79. The van der Waals surface area contributed by atoms with Crippen LogP contribution in [0.15, 0.2) is 0 Å². The summed E-state index contributed by atoms with van der Waals surface area (Å²) in [5.41, 5.74) is 0.456. The lowest BCUT2D eigenvalue weighted by Crippen LogP contribution is -2.65. The van der Waals surface area contributed by atoms with Crippen molar-refractivity contribution in [2.24, 2.45) is 5.92 Å². The molecule has 3 rings (SSSR count). The summed E-state index contributed by atoms with van der Waals surface area (Å²) in [5.74, 6) is 0.905. The van der Waals surface area contributed by atoms with Gasteiger partial charge in [-0.2, -0.15) is 0 Å². The van der Waals surface area contributed by atoms with Crippen LogP contribution in [0.3, 0.4) is 0 Å². The first kappa shape index (κ1) is 15.8. The van der Waals surface area contributed by atoms with Gasteiger partial charge in [0, 0.05) is 31.2 Å². The lowest BCUT2D eigenvalue weighted by molar-refractivity contribution is -0.0571. The molecule has 3 nitrogen and oxygen atoms in total. The fourth-order valence-corrected chi connectivity index (χ4v) is 4.39. The van der Waals surface area contributed by atoms with Gasteiger partial charge >= 0.3 is 0 Å². The second-order valence-corrected chi connectivity index (χ2v) is 8.44. The van der Waals surface area contributed by atoms with Gasteiger partial charge in [0.2, 0.25) is 0 Å². The number of nitrogens with zero attached hydrogens (tertiary/aromatic N) is 1. The summed E-state index contributed by atoms with van der Waals surface area (Å²) in [6.07, 6.45) is 8.30. The Morgan fingerprint density at radius 2 is 1.95 bits per heavy atom. The second kappa shape index (κ2) is 5.82. The van der Waals surface area contributed by atoms with Crippen molar-refractivity contribution in [3.63, 3.8) is 0 Å². The van der Waals surface area contributed by atoms with Crippen molar-refractivity contribution in [2.45, 2.75) is 89.5 Å². The van der Waals surface area contributed by atoms with Crippen LogP contribution in [0.1, 0.15) is 66.2 Å². The molecule has 0 radical (unpaired) electrons. The van der Waals surface area contributed by atoms with E-state index < -0.39 is 0 Å². The molecule has 2 aliphatic heterocycles. The maximum Gasteiger partial charge on any atom is 0.0710 e. The van der Waals surface area contributed by atoms with Crippen molar-refractivity contribution in [1.82, 2.24) is 10.2 Å². The summed E-state index contributed by atoms with van der Waals surface area (Å²) in [6, 6.07) is 0.677. The van der Waals surface area contributed by atoms with Crippen LogP contribution in [0.4, 0.5) is 0 Å². The van der Waals surface area contributed by atoms with Gasteiger partial charge in [-0.25, -0.2) is 0 Å². The molecule has 1 N–H and O–H groups in total. The number of hydrogen-bond acceptors (Lipinski definition) is 3. The zero-order valence-corrected chi connectivity index (χ0v) is 14.5. The molecule has 122 valence electrons. The van der Waals surface area contributed by atoms with Crippen LogP contribution in [-0.4, -0.2) is 47.8 Å². The number of hydrogen-bond donors (Lipinski definition) is 1. The SMILES string of the molecule is CCCC1CN(CC2CCC(C)(C)O2)C(C)(C2CC2)CN1. The molecule has 0 amide bonds. The summed E-state index contributed by atoms with van der Waals surface area (Å²) >= 11 is 0. The third kappa shape index (κ3) is 3.46. The molecule has 0 aromatic carbocycles. The van der Waals surface area contributed by atoms with Crippen LogP contribution in [0.25, 0.3) is 0 Å². The van der Waals surface area contributed by atoms with Gasteiger partial charge in [-0.15, -0.1) is 0 Å². The van der Waals surface area contributed by atoms with Crippen LogP contribution in [0.5, 0.6) is 0 Å². The summed E-state index contributed by atoms with van der Waals surface area (Å²) < 4.78 is 6.28. The van der Waals surface area contributed by atoms with Crippen molar-refractivity contribution in [2.75, 3.05) is 19.6 Å². The van der Waals surface area contributed by atoms with E-state index in [1.54, 1.807) is 0 Å². The van der Waals surface area contributed by atoms with Crippen molar-refractivity contribution in [1.29, 1.82) is 0 Å². The smallest absolute Gasteiger partial charge is 0.0710 e. The van der Waals surface area contributed by atoms with Crippen molar-refractivity contribution in [3.05, 3.63) is 0 Å². The fourth-order valence-electron chi connectivity index (χ4n) is 4.39. The van der Waals surface area contributed by atoms with E-state index in [9.17, 15) is 0 Å². The van der Waals surface area contributed by atoms with E-state index in [0.29, 0.717) is 17.7 Å². The molecule has 21 heavy (non-hydrogen) atoms. The van der Waals surface area contributed by atoms with Crippen molar-refractivity contribution in [3.8, 4) is 0 Å². The van der Waals surface area contributed by atoms with Gasteiger partial charge < -0.3 is 10.1 Å². The molecule has 1 aliphatic carbocycles. The number of piperazine rings is 1. The molecule has 3 aliphatic rings. The molecule has 0 bridgehead atoms. The Kier molecular flexibility index (Phi) is 4.37. The molecule has 1 saturated carbocycles. The number of nitrogens with one attached hydrogen (secondary N) is 1. The Morgan fingerprint density at radius 1 is 1.19 bits per heavy atom. The Morgan fingerprint density at radius 3 is 2.52 bits per heavy atom. The van der Waals surface area contributed by atoms with Crippen LogP contribution in [0, 0.1) is 5.92 Å². The van der Waals surface area contributed by atoms with E-state index in [-0.39, 0.29) is 5.60 Å². The first-order valence-electron chi connectivity index (χ1n) is 9.09. The second-order valence-electron chi connectivity index (χ2n) is 8.44. The predicted octanol–water partition coefficient (Wildman–Crippen LogP) is 3.19. The molecule has 3 fully saturated rings. The normalized spacial score (nSPS) is 40.6. The third-order valence-electron chi connectivity index (χ3n) is 5.98. The molecule has 3 atom stereocenters. The van der Waals surface area contributed by atoms with Crippen molar-refractivity contribution >= 4 is 0 Å². The summed E-state index contributed by atoms with van der Waals surface area (Å²) in [7, 11) is 0. The molecule has 0 spiro atoms. The first-order chi connectivity index (χ1) is 9.93. The highest BCUT2D eigenvalue weighted by Crippen LogP contribution is 2.44. The maximum atomic E-state index is 6.28. The van der Waals surface area contributed by atoms with E-state index in [2.05, 4.69) is 37.9 Å². The van der Waals surface area contributed by atoms with E-state index in [4.69, 9.17) is 4.74 Å². The average Bonchev–Trinajstić information content (AvgIpc) is 3.20. The zero-order valence-electron chi connectivity index (χ0n) is 14.5. The quantitative estimate of drug-likeness (QED) is 0.843. The van der Waals surface area contributed by atoms with Gasteiger partial charge in [-0.3, -0.25) is 4.90 Å². The standard InChI is InChI=1S/C18H34N2O/c1-5-6-15-11-20(12-16-9-10-17(2,3)21-16)18(4,13-19-15)14-7-8-14/h14-16,19H,5-13H2,1-4H3. The minimum absolute atomic E-state index is 0.0947. The molecular formula is C18H34N2O. The Bertz CT molecular complexity index is 366. The fraction of sp³-hybridized carbons (Fsp3) is 1.00. The van der Waals surface area contributed by atoms with Gasteiger partial charge in [0.25, 0.3) is 0 Å². The summed E-state index contributed by atoms with van der Waals surface area (Å²) in [6.45, 7) is 12.8. The molecule has 3 heteroatoms. The Balaban J connectivity index is 1.65. The minimum atomic E-state index is 0.0947. The van der Waals surface area contributed by atoms with Gasteiger partial charge in [-0.05, 0) is 58.8 Å². The molecule has 2 heterocycles. The molecule has 3 unspecified atom stereocenters. The largest absolute Gasteiger partial charge is 0.371 e. The monoisotopic (exact) mass is 294 g/mol. The predicted molar refractivity (Wildman–Crippen MR) is 87.6 cm³/mol. The van der Waals surface area contributed by atoms with E-state index in [0.717, 1.165) is 12.5 Å². The lowest BCUT2D eigenvalue weighted by atomic mass is 9.88. The average molecular weight is 294 g/mol. The van der Waals surface area contributed by atoms with E-state index in [1.807, 2.05) is 0 Å². The molecular weight excluding hydrogens is 260 g/mol. The first-order valence-corrected chi connectivity index (χ1v) is 9.09. The highest BCUT2D eigenvalue weighted by atomic mass is 16.5. The van der Waals surface area contributed by atoms with Gasteiger partial charge in [0.1, 0.15) is 0 Å². The van der Waals surface area contributed by atoms with Crippen molar-refractivity contribution < 1.29 is 4.74 Å². The number of ether oxygens (including phenoxy) is 1. The Hall–Kier alpha value is -0.120. The maximum absolute atomic E-state index is 6.28. The lowest BCUT2D eigenvalue weighted by Gasteiger charge is -2.49. The van der Waals surface area contributed by atoms with E-state index >= 15 is 0 Å². The van der Waals surface area contributed by atoms with Gasteiger partial charge in [0.05, 0.1) is 11.7 Å².